The van der Waals surface area contributed by atoms with E-state index in [0.29, 0.717) is 11.4 Å². The van der Waals surface area contributed by atoms with Gasteiger partial charge in [0.2, 0.25) is 5.91 Å². The maximum Gasteiger partial charge on any atom is 0.265 e. The lowest BCUT2D eigenvalue weighted by Crippen LogP contribution is -2.45. The van der Waals surface area contributed by atoms with Gasteiger partial charge in [-0.1, -0.05) is 33.6 Å². The predicted molar refractivity (Wildman–Crippen MR) is 96.6 cm³/mol. The van der Waals surface area contributed by atoms with Gasteiger partial charge in [-0.05, 0) is 37.3 Å². The molecule has 24 heavy (non-hydrogen) atoms. The number of carbonyl (C=O) groups excluding carboxylic acids is 2. The summed E-state index contributed by atoms with van der Waals surface area (Å²) in [6.45, 7) is 1.90. The monoisotopic (exact) mass is 388 g/mol. The first-order chi connectivity index (χ1) is 11.5. The second-order valence-corrected chi connectivity index (χ2v) is 6.58. The highest BCUT2D eigenvalue weighted by molar-refractivity contribution is 9.10. The van der Waals surface area contributed by atoms with Crippen molar-refractivity contribution in [2.24, 2.45) is 0 Å². The molecule has 2 amide bonds. The van der Waals surface area contributed by atoms with Gasteiger partial charge in [0.05, 0.1) is 5.69 Å². The lowest BCUT2D eigenvalue weighted by molar-refractivity contribution is -0.124. The van der Waals surface area contributed by atoms with Crippen molar-refractivity contribution in [3.05, 3.63) is 52.5 Å². The SMILES string of the molecule is Cc1ccc(N(C)C(=O)CN2C(=O)COc3cc(Br)ccc32)cc1. The van der Waals surface area contributed by atoms with Crippen molar-refractivity contribution < 1.29 is 14.3 Å². The number of aryl methyl sites for hydroxylation is 1. The van der Waals surface area contributed by atoms with Crippen LogP contribution in [0.4, 0.5) is 11.4 Å². The minimum Gasteiger partial charge on any atom is -0.482 e. The van der Waals surface area contributed by atoms with Crippen molar-refractivity contribution in [1.82, 2.24) is 0 Å². The highest BCUT2D eigenvalue weighted by Crippen LogP contribution is 2.34. The maximum atomic E-state index is 12.6. The minimum atomic E-state index is -0.226. The van der Waals surface area contributed by atoms with Crippen molar-refractivity contribution >= 4 is 39.1 Å². The Hall–Kier alpha value is -2.34. The van der Waals surface area contributed by atoms with Gasteiger partial charge in [0, 0.05) is 17.2 Å². The largest absolute Gasteiger partial charge is 0.482 e. The van der Waals surface area contributed by atoms with Crippen LogP contribution in [0.25, 0.3) is 0 Å². The molecule has 3 rings (SSSR count). The topological polar surface area (TPSA) is 49.9 Å². The normalized spacial score (nSPS) is 13.3. The Morgan fingerprint density at radius 3 is 2.67 bits per heavy atom. The van der Waals surface area contributed by atoms with E-state index in [1.807, 2.05) is 37.3 Å². The summed E-state index contributed by atoms with van der Waals surface area (Å²) in [7, 11) is 1.71. The Kier molecular flexibility index (Phi) is 4.57. The molecule has 1 heterocycles. The van der Waals surface area contributed by atoms with E-state index >= 15 is 0 Å². The lowest BCUT2D eigenvalue weighted by atomic mass is 10.2. The smallest absolute Gasteiger partial charge is 0.265 e. The van der Waals surface area contributed by atoms with Gasteiger partial charge < -0.3 is 9.64 Å². The number of hydrogen-bond acceptors (Lipinski definition) is 3. The molecule has 2 aromatic rings. The minimum absolute atomic E-state index is 0.0266. The molecule has 0 atom stereocenters. The molecule has 124 valence electrons. The molecule has 0 saturated carbocycles. The quantitative estimate of drug-likeness (QED) is 0.811. The van der Waals surface area contributed by atoms with E-state index < -0.39 is 0 Å². The first-order valence-corrected chi connectivity index (χ1v) is 8.31. The molecule has 0 fully saturated rings. The highest BCUT2D eigenvalue weighted by Gasteiger charge is 2.28. The fourth-order valence-corrected chi connectivity index (χ4v) is 2.85. The van der Waals surface area contributed by atoms with Crippen LogP contribution >= 0.6 is 15.9 Å². The molecule has 0 spiro atoms. The van der Waals surface area contributed by atoms with Crippen molar-refractivity contribution in [1.29, 1.82) is 0 Å². The van der Waals surface area contributed by atoms with Crippen LogP contribution in [-0.2, 0) is 9.59 Å². The summed E-state index contributed by atoms with van der Waals surface area (Å²) >= 11 is 3.38. The third kappa shape index (κ3) is 3.28. The molecule has 0 unspecified atom stereocenters. The van der Waals surface area contributed by atoms with Crippen LogP contribution < -0.4 is 14.5 Å². The molecule has 1 aliphatic heterocycles. The van der Waals surface area contributed by atoms with Gasteiger partial charge in [-0.15, -0.1) is 0 Å². The van der Waals surface area contributed by atoms with Crippen LogP contribution in [0.3, 0.4) is 0 Å². The third-order valence-electron chi connectivity index (χ3n) is 3.95. The van der Waals surface area contributed by atoms with Crippen LogP contribution in [0.2, 0.25) is 0 Å². The molecule has 6 heteroatoms. The van der Waals surface area contributed by atoms with E-state index in [-0.39, 0.29) is 25.0 Å². The summed E-state index contributed by atoms with van der Waals surface area (Å²) in [5.41, 5.74) is 2.53. The van der Waals surface area contributed by atoms with E-state index in [0.717, 1.165) is 15.7 Å². The summed E-state index contributed by atoms with van der Waals surface area (Å²) in [4.78, 5) is 27.8. The van der Waals surface area contributed by atoms with Gasteiger partial charge in [0.1, 0.15) is 12.3 Å². The molecule has 0 radical (unpaired) electrons. The predicted octanol–water partition coefficient (Wildman–Crippen LogP) is 3.15. The number of fused-ring (bicyclic) bond motifs is 1. The number of carbonyl (C=O) groups is 2. The molecule has 5 nitrogen and oxygen atoms in total. The highest BCUT2D eigenvalue weighted by atomic mass is 79.9. The number of rotatable bonds is 3. The molecular weight excluding hydrogens is 372 g/mol. The van der Waals surface area contributed by atoms with Crippen molar-refractivity contribution in [3.63, 3.8) is 0 Å². The van der Waals surface area contributed by atoms with Gasteiger partial charge in [0.15, 0.2) is 6.61 Å². The van der Waals surface area contributed by atoms with Crippen molar-refractivity contribution in [2.75, 3.05) is 30.0 Å². The molecule has 2 aromatic carbocycles. The number of ether oxygens (including phenoxy) is 1. The molecule has 1 aliphatic rings. The van der Waals surface area contributed by atoms with E-state index in [1.54, 1.807) is 24.1 Å². The average molecular weight is 389 g/mol. The van der Waals surface area contributed by atoms with Crippen LogP contribution in [0.15, 0.2) is 46.9 Å². The molecular formula is C18H17BrN2O3. The standard InChI is InChI=1S/C18H17BrN2O3/c1-12-3-6-14(7-4-12)20(2)17(22)10-21-15-8-5-13(19)9-16(15)24-11-18(21)23/h3-9H,10-11H2,1-2H3. The molecule has 0 saturated heterocycles. The van der Waals surface area contributed by atoms with Gasteiger partial charge in [0.25, 0.3) is 5.91 Å². The summed E-state index contributed by atoms with van der Waals surface area (Å²) < 4.78 is 6.30. The summed E-state index contributed by atoms with van der Waals surface area (Å²) in [5.74, 6) is 0.202. The maximum absolute atomic E-state index is 12.6. The van der Waals surface area contributed by atoms with E-state index in [1.165, 1.54) is 4.90 Å². The Labute approximate surface area is 148 Å². The Bertz CT molecular complexity index is 789. The first-order valence-electron chi connectivity index (χ1n) is 7.51. The Balaban J connectivity index is 1.81. The summed E-state index contributed by atoms with van der Waals surface area (Å²) in [6, 6.07) is 13.1. The Morgan fingerprint density at radius 1 is 1.25 bits per heavy atom. The number of hydrogen-bond donors (Lipinski definition) is 0. The number of benzene rings is 2. The zero-order chi connectivity index (χ0) is 17.3. The van der Waals surface area contributed by atoms with Crippen molar-refractivity contribution in [3.8, 4) is 5.75 Å². The van der Waals surface area contributed by atoms with Crippen molar-refractivity contribution in [2.45, 2.75) is 6.92 Å². The fraction of sp³-hybridized carbons (Fsp3) is 0.222. The second kappa shape index (κ2) is 6.65. The lowest BCUT2D eigenvalue weighted by Gasteiger charge is -2.30. The van der Waals surface area contributed by atoms with E-state index in [9.17, 15) is 9.59 Å². The van der Waals surface area contributed by atoms with Crippen LogP contribution in [0.5, 0.6) is 5.75 Å². The van der Waals surface area contributed by atoms with Crippen LogP contribution in [-0.4, -0.2) is 32.0 Å². The van der Waals surface area contributed by atoms with Gasteiger partial charge >= 0.3 is 0 Å². The molecule has 0 aliphatic carbocycles. The number of anilines is 2. The number of likely N-dealkylation sites (N-methyl/N-ethyl adjacent to an activating group) is 1. The van der Waals surface area contributed by atoms with E-state index in [2.05, 4.69) is 15.9 Å². The first kappa shape index (κ1) is 16.5. The van der Waals surface area contributed by atoms with Gasteiger partial charge in [-0.25, -0.2) is 0 Å². The summed E-state index contributed by atoms with van der Waals surface area (Å²) in [6.07, 6.45) is 0. The second-order valence-electron chi connectivity index (χ2n) is 5.67. The van der Waals surface area contributed by atoms with Crippen LogP contribution in [0.1, 0.15) is 5.56 Å². The zero-order valence-corrected chi connectivity index (χ0v) is 15.0. The number of halogens is 1. The van der Waals surface area contributed by atoms with Crippen LogP contribution in [0, 0.1) is 6.92 Å². The van der Waals surface area contributed by atoms with E-state index in [4.69, 9.17) is 4.74 Å². The fourth-order valence-electron chi connectivity index (χ4n) is 2.51. The zero-order valence-electron chi connectivity index (χ0n) is 13.5. The average Bonchev–Trinajstić information content (AvgIpc) is 2.57. The Morgan fingerprint density at radius 2 is 1.96 bits per heavy atom. The van der Waals surface area contributed by atoms with Gasteiger partial charge in [-0.3, -0.25) is 14.5 Å². The van der Waals surface area contributed by atoms with Gasteiger partial charge in [-0.2, -0.15) is 0 Å². The third-order valence-corrected chi connectivity index (χ3v) is 4.45. The number of nitrogens with zero attached hydrogens (tertiary/aromatic N) is 2. The molecule has 0 aromatic heterocycles. The summed E-state index contributed by atoms with van der Waals surface area (Å²) in [5, 5.41) is 0. The molecule has 0 bridgehead atoms. The molecule has 0 N–H and O–H groups in total. The number of amides is 2.